The first-order valence-electron chi connectivity index (χ1n) is 7.32. The Labute approximate surface area is 133 Å². The molecule has 1 aromatic rings. The fraction of sp³-hybridized carbons (Fsp3) is 0.438. The number of nitrogens with zero attached hydrogens (tertiary/aromatic N) is 2. The molecule has 1 fully saturated rings. The number of likely N-dealkylation sites (tertiary alicyclic amines) is 1. The maximum Gasteiger partial charge on any atom is 0.326 e. The van der Waals surface area contributed by atoms with Gasteiger partial charge in [-0.15, -0.1) is 0 Å². The van der Waals surface area contributed by atoms with Crippen LogP contribution >= 0.6 is 0 Å². The summed E-state index contributed by atoms with van der Waals surface area (Å²) in [7, 11) is 1.41. The van der Waals surface area contributed by atoms with Crippen molar-refractivity contribution in [3.8, 4) is 0 Å². The van der Waals surface area contributed by atoms with E-state index in [0.717, 1.165) is 4.90 Å². The zero-order chi connectivity index (χ0) is 17.1. The molecule has 2 rings (SSSR count). The predicted octanol–water partition coefficient (Wildman–Crippen LogP) is 1.11. The summed E-state index contributed by atoms with van der Waals surface area (Å²) in [5.41, 5.74) is 0.390. The summed E-state index contributed by atoms with van der Waals surface area (Å²) in [4.78, 5) is 37.9. The average Bonchev–Trinajstić information content (AvgIpc) is 2.88. The Balaban J connectivity index is 2.03. The van der Waals surface area contributed by atoms with Crippen LogP contribution in [0.1, 0.15) is 18.9 Å². The second kappa shape index (κ2) is 6.76. The topological polar surface area (TPSA) is 77.9 Å². The highest BCUT2D eigenvalue weighted by Crippen LogP contribution is 2.23. The first kappa shape index (κ1) is 16.9. The van der Waals surface area contributed by atoms with Gasteiger partial charge in [0.15, 0.2) is 0 Å². The Kier molecular flexibility index (Phi) is 4.98. The molecule has 0 radical (unpaired) electrons. The van der Waals surface area contributed by atoms with Crippen LogP contribution in [0.5, 0.6) is 0 Å². The smallest absolute Gasteiger partial charge is 0.326 e. The summed E-state index contributed by atoms with van der Waals surface area (Å²) >= 11 is 0. The molecule has 124 valence electrons. The van der Waals surface area contributed by atoms with E-state index in [1.807, 2.05) is 0 Å². The number of carbonyl (C=O) groups is 3. The summed E-state index contributed by atoms with van der Waals surface area (Å²) in [5.74, 6) is -2.71. The number of amides is 2. The normalized spacial score (nSPS) is 18.8. The average molecular weight is 322 g/mol. The molecule has 1 aliphatic rings. The fourth-order valence-corrected chi connectivity index (χ4v) is 2.57. The van der Waals surface area contributed by atoms with E-state index in [-0.39, 0.29) is 31.3 Å². The van der Waals surface area contributed by atoms with Crippen molar-refractivity contribution in [1.29, 1.82) is 0 Å². The molecular formula is C16H19FN2O4. The highest BCUT2D eigenvalue weighted by Gasteiger charge is 2.37. The van der Waals surface area contributed by atoms with Crippen molar-refractivity contribution in [3.63, 3.8) is 0 Å². The molecule has 2 atom stereocenters. The Morgan fingerprint density at radius 2 is 2.09 bits per heavy atom. The second-order valence-electron chi connectivity index (χ2n) is 5.73. The van der Waals surface area contributed by atoms with Crippen LogP contribution in [0, 0.1) is 11.7 Å². The molecule has 0 saturated carbocycles. The summed E-state index contributed by atoms with van der Waals surface area (Å²) < 4.78 is 13.7. The largest absolute Gasteiger partial charge is 0.480 e. The third-order valence-electron chi connectivity index (χ3n) is 4.17. The van der Waals surface area contributed by atoms with E-state index in [0.29, 0.717) is 5.56 Å². The van der Waals surface area contributed by atoms with Crippen LogP contribution in [-0.2, 0) is 20.9 Å². The van der Waals surface area contributed by atoms with Crippen molar-refractivity contribution in [1.82, 2.24) is 9.80 Å². The summed E-state index contributed by atoms with van der Waals surface area (Å²) in [6.07, 6.45) is 0.0178. The molecule has 7 heteroatoms. The van der Waals surface area contributed by atoms with Crippen LogP contribution in [0.3, 0.4) is 0 Å². The molecular weight excluding hydrogens is 303 g/mol. The van der Waals surface area contributed by atoms with Gasteiger partial charge in [-0.25, -0.2) is 9.18 Å². The summed E-state index contributed by atoms with van der Waals surface area (Å²) in [6, 6.07) is 5.21. The van der Waals surface area contributed by atoms with E-state index in [2.05, 4.69) is 0 Å². The lowest BCUT2D eigenvalue weighted by Gasteiger charge is -2.24. The molecule has 0 bridgehead atoms. The highest BCUT2D eigenvalue weighted by atomic mass is 19.1. The van der Waals surface area contributed by atoms with Gasteiger partial charge in [0.05, 0.1) is 5.92 Å². The third kappa shape index (κ3) is 3.67. The Hall–Kier alpha value is -2.44. The Morgan fingerprint density at radius 3 is 2.70 bits per heavy atom. The zero-order valence-corrected chi connectivity index (χ0v) is 13.0. The first-order chi connectivity index (χ1) is 10.8. The number of rotatable bonds is 5. The van der Waals surface area contributed by atoms with Gasteiger partial charge in [0, 0.05) is 32.1 Å². The van der Waals surface area contributed by atoms with Crippen molar-refractivity contribution < 1.29 is 23.9 Å². The standard InChI is InChI=1S/C16H19FN2O4/c1-10(16(22)23)18(2)15(21)12-7-14(20)19(9-12)8-11-5-3-4-6-13(11)17/h3-6,10,12H,7-9H2,1-2H3,(H,22,23)/t10-,12?/m0/s1. The first-order valence-corrected chi connectivity index (χ1v) is 7.32. The number of hydrogen-bond donors (Lipinski definition) is 1. The third-order valence-corrected chi connectivity index (χ3v) is 4.17. The lowest BCUT2D eigenvalue weighted by Crippen LogP contribution is -2.43. The number of hydrogen-bond acceptors (Lipinski definition) is 3. The monoisotopic (exact) mass is 322 g/mol. The zero-order valence-electron chi connectivity index (χ0n) is 13.0. The van der Waals surface area contributed by atoms with Crippen LogP contribution in [0.25, 0.3) is 0 Å². The molecule has 1 aliphatic heterocycles. The molecule has 2 amide bonds. The van der Waals surface area contributed by atoms with E-state index in [1.165, 1.54) is 24.9 Å². The SMILES string of the molecule is C[C@@H](C(=O)O)N(C)C(=O)C1CC(=O)N(Cc2ccccc2F)C1. The number of halogens is 1. The molecule has 1 N–H and O–H groups in total. The molecule has 1 unspecified atom stereocenters. The highest BCUT2D eigenvalue weighted by molar-refractivity contribution is 5.91. The van der Waals surface area contributed by atoms with Gasteiger partial charge in [0.2, 0.25) is 11.8 Å². The number of benzene rings is 1. The minimum absolute atomic E-state index is 0.0178. The van der Waals surface area contributed by atoms with Crippen LogP contribution < -0.4 is 0 Å². The molecule has 0 aliphatic carbocycles. The molecule has 1 saturated heterocycles. The van der Waals surface area contributed by atoms with Gasteiger partial charge in [0.1, 0.15) is 11.9 Å². The van der Waals surface area contributed by atoms with E-state index >= 15 is 0 Å². The van der Waals surface area contributed by atoms with Gasteiger partial charge < -0.3 is 14.9 Å². The molecule has 0 spiro atoms. The second-order valence-corrected chi connectivity index (χ2v) is 5.73. The summed E-state index contributed by atoms with van der Waals surface area (Å²) in [5, 5.41) is 8.96. The van der Waals surface area contributed by atoms with E-state index in [4.69, 9.17) is 5.11 Å². The van der Waals surface area contributed by atoms with Crippen molar-refractivity contribution in [2.75, 3.05) is 13.6 Å². The van der Waals surface area contributed by atoms with Gasteiger partial charge in [0.25, 0.3) is 0 Å². The minimum atomic E-state index is -1.10. The van der Waals surface area contributed by atoms with Crippen molar-refractivity contribution >= 4 is 17.8 Å². The number of carboxylic acids is 1. The van der Waals surface area contributed by atoms with Gasteiger partial charge in [-0.1, -0.05) is 18.2 Å². The van der Waals surface area contributed by atoms with Crippen LogP contribution in [0.15, 0.2) is 24.3 Å². The van der Waals surface area contributed by atoms with Crippen molar-refractivity contribution in [3.05, 3.63) is 35.6 Å². The van der Waals surface area contributed by atoms with Crippen LogP contribution in [0.2, 0.25) is 0 Å². The van der Waals surface area contributed by atoms with Crippen molar-refractivity contribution in [2.24, 2.45) is 5.92 Å². The van der Waals surface area contributed by atoms with Crippen molar-refractivity contribution in [2.45, 2.75) is 25.9 Å². The number of carboxylic acid groups (broad SMARTS) is 1. The molecule has 0 aromatic heterocycles. The van der Waals surface area contributed by atoms with Gasteiger partial charge in [-0.3, -0.25) is 9.59 Å². The molecule has 1 aromatic carbocycles. The van der Waals surface area contributed by atoms with E-state index in [1.54, 1.807) is 18.2 Å². The fourth-order valence-electron chi connectivity index (χ4n) is 2.57. The van der Waals surface area contributed by atoms with E-state index < -0.39 is 23.7 Å². The molecule has 1 heterocycles. The van der Waals surface area contributed by atoms with Gasteiger partial charge in [-0.05, 0) is 13.0 Å². The Morgan fingerprint density at radius 1 is 1.43 bits per heavy atom. The molecule has 6 nitrogen and oxygen atoms in total. The lowest BCUT2D eigenvalue weighted by atomic mass is 10.1. The van der Waals surface area contributed by atoms with Gasteiger partial charge >= 0.3 is 5.97 Å². The summed E-state index contributed by atoms with van der Waals surface area (Å²) in [6.45, 7) is 1.68. The van der Waals surface area contributed by atoms with Crippen LogP contribution in [0.4, 0.5) is 4.39 Å². The van der Waals surface area contributed by atoms with Crippen LogP contribution in [-0.4, -0.2) is 52.3 Å². The lowest BCUT2D eigenvalue weighted by molar-refractivity contribution is -0.149. The van der Waals surface area contributed by atoms with E-state index in [9.17, 15) is 18.8 Å². The predicted molar refractivity (Wildman–Crippen MR) is 79.8 cm³/mol. The number of carbonyl (C=O) groups excluding carboxylic acids is 2. The number of likely N-dealkylation sites (N-methyl/N-ethyl adjacent to an activating group) is 1. The Bertz CT molecular complexity index is 634. The maximum absolute atomic E-state index is 13.7. The van der Waals surface area contributed by atoms with Gasteiger partial charge in [-0.2, -0.15) is 0 Å². The molecule has 23 heavy (non-hydrogen) atoms. The number of aliphatic carboxylic acids is 1. The maximum atomic E-state index is 13.7. The quantitative estimate of drug-likeness (QED) is 0.881. The minimum Gasteiger partial charge on any atom is -0.480 e.